The van der Waals surface area contributed by atoms with Crippen LogP contribution in [0.4, 0.5) is 0 Å². The molecule has 5 rings (SSSR count). The third-order valence-electron chi connectivity index (χ3n) is 6.41. The summed E-state index contributed by atoms with van der Waals surface area (Å²) in [5, 5.41) is 3.42. The van der Waals surface area contributed by atoms with E-state index in [9.17, 15) is 14.4 Å². The zero-order valence-electron chi connectivity index (χ0n) is 18.4. The molecule has 170 valence electrons. The highest BCUT2D eigenvalue weighted by Crippen LogP contribution is 2.41. The molecule has 0 bridgehead atoms. The Morgan fingerprint density at radius 3 is 2.75 bits per heavy atom. The lowest BCUT2D eigenvalue weighted by molar-refractivity contribution is -0.120. The molecular weight excluding hydrogens is 426 g/mol. The summed E-state index contributed by atoms with van der Waals surface area (Å²) < 4.78 is 1.61. The van der Waals surface area contributed by atoms with Gasteiger partial charge in [-0.1, -0.05) is 23.4 Å². The summed E-state index contributed by atoms with van der Waals surface area (Å²) in [7, 11) is 0. The first-order chi connectivity index (χ1) is 15.5. The van der Waals surface area contributed by atoms with Gasteiger partial charge in [0.25, 0.3) is 5.56 Å². The Morgan fingerprint density at radius 2 is 2.06 bits per heavy atom. The Morgan fingerprint density at radius 1 is 1.25 bits per heavy atom. The second-order valence-electron chi connectivity index (χ2n) is 9.13. The Kier molecular flexibility index (Phi) is 5.92. The Labute approximate surface area is 190 Å². The van der Waals surface area contributed by atoms with Gasteiger partial charge in [0.05, 0.1) is 5.25 Å². The first-order valence-electron chi connectivity index (χ1n) is 11.7. The maximum atomic E-state index is 12.7. The molecule has 2 N–H and O–H groups in total. The zero-order chi connectivity index (χ0) is 22.2. The summed E-state index contributed by atoms with van der Waals surface area (Å²) in [5.41, 5.74) is 0.947. The van der Waals surface area contributed by atoms with Gasteiger partial charge in [-0.3, -0.25) is 19.1 Å². The normalized spacial score (nSPS) is 19.6. The van der Waals surface area contributed by atoms with Crippen LogP contribution in [-0.4, -0.2) is 37.2 Å². The number of aromatic nitrogens is 4. The van der Waals surface area contributed by atoms with Crippen molar-refractivity contribution in [1.82, 2.24) is 24.8 Å². The van der Waals surface area contributed by atoms with Crippen molar-refractivity contribution in [2.24, 2.45) is 0 Å². The predicted molar refractivity (Wildman–Crippen MR) is 124 cm³/mol. The molecule has 9 heteroatoms. The molecule has 0 saturated heterocycles. The van der Waals surface area contributed by atoms with Gasteiger partial charge in [0.1, 0.15) is 16.2 Å². The van der Waals surface area contributed by atoms with E-state index in [-0.39, 0.29) is 17.9 Å². The monoisotopic (exact) mass is 455 g/mol. The molecule has 2 fully saturated rings. The fraction of sp³-hybridized carbons (Fsp3) is 0.609. The number of thioether (sulfide) groups is 1. The Balaban J connectivity index is 1.38. The maximum Gasteiger partial charge on any atom is 0.330 e. The number of hydrogen-bond acceptors (Lipinski definition) is 6. The topological polar surface area (TPSA) is 110 Å². The van der Waals surface area contributed by atoms with Gasteiger partial charge in [-0.25, -0.2) is 14.8 Å². The number of hydrogen-bond donors (Lipinski definition) is 2. The molecule has 0 aromatic carbocycles. The number of allylic oxidation sites excluding steroid dienone is 1. The molecule has 1 amide bonds. The van der Waals surface area contributed by atoms with E-state index in [1.54, 1.807) is 4.57 Å². The summed E-state index contributed by atoms with van der Waals surface area (Å²) in [6, 6.07) is 0.0801. The molecule has 2 saturated carbocycles. The first-order valence-corrected chi connectivity index (χ1v) is 12.6. The van der Waals surface area contributed by atoms with Gasteiger partial charge >= 0.3 is 5.69 Å². The molecule has 1 unspecified atom stereocenters. The first kappa shape index (κ1) is 21.4. The number of fused-ring (bicyclic) bond motifs is 1. The van der Waals surface area contributed by atoms with Crippen molar-refractivity contribution in [3.8, 4) is 0 Å². The second-order valence-corrected chi connectivity index (χ2v) is 10.5. The third-order valence-corrected chi connectivity index (χ3v) is 7.50. The van der Waals surface area contributed by atoms with Crippen LogP contribution in [0.15, 0.2) is 26.3 Å². The number of nitrogens with zero attached hydrogens (tertiary/aromatic N) is 3. The van der Waals surface area contributed by atoms with Gasteiger partial charge in [-0.15, -0.1) is 0 Å². The van der Waals surface area contributed by atoms with Crippen LogP contribution in [0.3, 0.4) is 0 Å². The van der Waals surface area contributed by atoms with Crippen LogP contribution in [0.25, 0.3) is 11.0 Å². The second kappa shape index (κ2) is 8.84. The van der Waals surface area contributed by atoms with E-state index in [1.165, 1.54) is 30.2 Å². The number of rotatable bonds is 8. The zero-order valence-corrected chi connectivity index (χ0v) is 19.2. The van der Waals surface area contributed by atoms with Gasteiger partial charge in [-0.2, -0.15) is 0 Å². The molecule has 0 spiro atoms. The van der Waals surface area contributed by atoms with E-state index in [0.717, 1.165) is 44.9 Å². The predicted octanol–water partition coefficient (Wildman–Crippen LogP) is 3.18. The smallest absolute Gasteiger partial charge is 0.330 e. The van der Waals surface area contributed by atoms with Crippen LogP contribution in [0.5, 0.6) is 0 Å². The summed E-state index contributed by atoms with van der Waals surface area (Å²) in [4.78, 5) is 49.7. The number of carbonyl (C=O) groups is 1. The molecule has 2 heterocycles. The molecule has 2 aromatic rings. The van der Waals surface area contributed by atoms with Crippen molar-refractivity contribution in [3.05, 3.63) is 38.3 Å². The number of aromatic amines is 1. The third kappa shape index (κ3) is 4.53. The highest BCUT2D eigenvalue weighted by Gasteiger charge is 2.33. The van der Waals surface area contributed by atoms with Gasteiger partial charge in [-0.05, 0) is 64.7 Å². The molecule has 32 heavy (non-hydrogen) atoms. The van der Waals surface area contributed by atoms with Crippen molar-refractivity contribution in [3.63, 3.8) is 0 Å². The fourth-order valence-electron chi connectivity index (χ4n) is 4.26. The van der Waals surface area contributed by atoms with Crippen LogP contribution in [0, 0.1) is 0 Å². The van der Waals surface area contributed by atoms with Crippen LogP contribution < -0.4 is 16.6 Å². The summed E-state index contributed by atoms with van der Waals surface area (Å²) in [5.74, 6) is 0.878. The van der Waals surface area contributed by atoms with E-state index in [2.05, 4.69) is 26.3 Å². The number of H-pyrrole nitrogens is 1. The molecule has 8 nitrogen and oxygen atoms in total. The van der Waals surface area contributed by atoms with Crippen molar-refractivity contribution in [2.45, 2.75) is 86.9 Å². The van der Waals surface area contributed by atoms with Gasteiger partial charge in [0.2, 0.25) is 5.91 Å². The average molecular weight is 456 g/mol. The number of carbonyl (C=O) groups excluding carboxylic acids is 1. The van der Waals surface area contributed by atoms with Gasteiger partial charge in [0.15, 0.2) is 5.65 Å². The van der Waals surface area contributed by atoms with Gasteiger partial charge in [0, 0.05) is 18.5 Å². The van der Waals surface area contributed by atoms with Crippen molar-refractivity contribution in [1.29, 1.82) is 0 Å². The minimum Gasteiger partial charge on any atom is -0.355 e. The summed E-state index contributed by atoms with van der Waals surface area (Å²) in [6.45, 7) is 2.45. The van der Waals surface area contributed by atoms with Crippen LogP contribution in [-0.2, 0) is 4.79 Å². The molecule has 3 aliphatic carbocycles. The number of nitrogens with one attached hydrogen (secondary N) is 2. The molecule has 0 radical (unpaired) electrons. The molecule has 0 aliphatic heterocycles. The summed E-state index contributed by atoms with van der Waals surface area (Å²) >= 11 is 1.27. The van der Waals surface area contributed by atoms with E-state index < -0.39 is 16.5 Å². The lowest BCUT2D eigenvalue weighted by Gasteiger charge is -2.16. The lowest BCUT2D eigenvalue weighted by Crippen LogP contribution is -2.33. The van der Waals surface area contributed by atoms with Crippen molar-refractivity contribution < 1.29 is 4.79 Å². The van der Waals surface area contributed by atoms with E-state index >= 15 is 0 Å². The SMILES string of the molecule is CC(Sc1nc(C2CC2)nc2c1c(=O)[nH]c(=O)n2C1CC1)C(=O)NCCC1=CCCCC1. The van der Waals surface area contributed by atoms with E-state index in [0.29, 0.717) is 28.4 Å². The van der Waals surface area contributed by atoms with Crippen molar-refractivity contribution >= 4 is 28.7 Å². The average Bonchev–Trinajstić information content (AvgIpc) is 3.68. The summed E-state index contributed by atoms with van der Waals surface area (Å²) in [6.07, 6.45) is 11.8. The maximum absolute atomic E-state index is 12.7. The minimum absolute atomic E-state index is 0.0712. The quantitative estimate of drug-likeness (QED) is 0.359. The van der Waals surface area contributed by atoms with Crippen LogP contribution in [0.1, 0.15) is 82.5 Å². The van der Waals surface area contributed by atoms with Gasteiger partial charge < -0.3 is 5.32 Å². The molecule has 1 atom stereocenters. The minimum atomic E-state index is -0.483. The Bertz CT molecular complexity index is 1190. The number of amides is 1. The molecular formula is C23H29N5O3S. The molecule has 3 aliphatic rings. The fourth-order valence-corrected chi connectivity index (χ4v) is 5.23. The highest BCUT2D eigenvalue weighted by molar-refractivity contribution is 8.00. The van der Waals surface area contributed by atoms with E-state index in [1.807, 2.05) is 6.92 Å². The largest absolute Gasteiger partial charge is 0.355 e. The van der Waals surface area contributed by atoms with Crippen LogP contribution >= 0.6 is 11.8 Å². The highest BCUT2D eigenvalue weighted by atomic mass is 32.2. The Hall–Kier alpha value is -2.42. The van der Waals surface area contributed by atoms with Crippen molar-refractivity contribution in [2.75, 3.05) is 6.54 Å². The van der Waals surface area contributed by atoms with E-state index in [4.69, 9.17) is 0 Å². The molecule has 2 aromatic heterocycles. The lowest BCUT2D eigenvalue weighted by atomic mass is 9.97. The van der Waals surface area contributed by atoms with Crippen LogP contribution in [0.2, 0.25) is 0 Å². The standard InChI is InChI=1S/C23H29N5O3S/c1-13(20(29)24-12-11-14-5-3-2-4-6-14)32-22-17-19(25-18(26-22)15-7-8-15)28(16-9-10-16)23(31)27-21(17)30/h5,13,15-16H,2-4,6-12H2,1H3,(H,24,29)(H,27,30,31).